The number of piperazine rings is 1. The first kappa shape index (κ1) is 13.0. The number of hydrogen-bond acceptors (Lipinski definition) is 4. The number of nitrogens with zero attached hydrogens (tertiary/aromatic N) is 1. The maximum atomic E-state index is 12.3. The van der Waals surface area contributed by atoms with E-state index in [9.17, 15) is 4.79 Å². The summed E-state index contributed by atoms with van der Waals surface area (Å²) in [6.07, 6.45) is 2.06. The predicted octanol–water partition coefficient (Wildman–Crippen LogP) is 1.42. The van der Waals surface area contributed by atoms with Crippen molar-refractivity contribution < 1.29 is 13.9 Å². The first-order valence-corrected chi connectivity index (χ1v) is 6.80. The number of nitrogens with one attached hydrogen (secondary N) is 1. The van der Waals surface area contributed by atoms with Crippen molar-refractivity contribution in [2.75, 3.05) is 33.3 Å². The standard InChI is InChI=1S/C15H18N2O3/c1-19-12-2-3-13-11(10-20-14(13)9-12)8-15(18)17-6-4-16-5-7-17/h2-3,9-10,16H,4-8H2,1H3. The van der Waals surface area contributed by atoms with Crippen LogP contribution in [-0.2, 0) is 11.2 Å². The summed E-state index contributed by atoms with van der Waals surface area (Å²) < 4.78 is 10.7. The van der Waals surface area contributed by atoms with Gasteiger partial charge in [-0.25, -0.2) is 0 Å². The summed E-state index contributed by atoms with van der Waals surface area (Å²) in [5.74, 6) is 0.914. The zero-order valence-electron chi connectivity index (χ0n) is 11.5. The number of amides is 1. The Morgan fingerprint density at radius 3 is 2.95 bits per heavy atom. The third-order valence-corrected chi connectivity index (χ3v) is 3.67. The van der Waals surface area contributed by atoms with Crippen LogP contribution in [0.15, 0.2) is 28.9 Å². The number of hydrogen-bond donors (Lipinski definition) is 1. The predicted molar refractivity (Wildman–Crippen MR) is 75.9 cm³/mol. The fraction of sp³-hybridized carbons (Fsp3) is 0.400. The molecule has 1 aromatic heterocycles. The van der Waals surface area contributed by atoms with E-state index in [-0.39, 0.29) is 5.91 Å². The van der Waals surface area contributed by atoms with Gasteiger partial charge in [0.05, 0.1) is 19.8 Å². The van der Waals surface area contributed by atoms with Crippen molar-refractivity contribution in [3.63, 3.8) is 0 Å². The van der Waals surface area contributed by atoms with E-state index < -0.39 is 0 Å². The molecule has 5 nitrogen and oxygen atoms in total. The van der Waals surface area contributed by atoms with E-state index in [1.165, 1.54) is 0 Å². The molecule has 5 heteroatoms. The average Bonchev–Trinajstić information content (AvgIpc) is 2.90. The molecule has 2 aromatic rings. The summed E-state index contributed by atoms with van der Waals surface area (Å²) in [4.78, 5) is 14.2. The molecule has 3 rings (SSSR count). The molecule has 0 spiro atoms. The van der Waals surface area contributed by atoms with E-state index >= 15 is 0 Å². The highest BCUT2D eigenvalue weighted by atomic mass is 16.5. The van der Waals surface area contributed by atoms with Gasteiger partial charge in [-0.15, -0.1) is 0 Å². The molecule has 2 heterocycles. The zero-order chi connectivity index (χ0) is 13.9. The van der Waals surface area contributed by atoms with Crippen LogP contribution in [0.5, 0.6) is 5.75 Å². The summed E-state index contributed by atoms with van der Waals surface area (Å²) in [7, 11) is 1.62. The van der Waals surface area contributed by atoms with Gasteiger partial charge in [0, 0.05) is 43.2 Å². The second-order valence-corrected chi connectivity index (χ2v) is 4.93. The Morgan fingerprint density at radius 2 is 2.20 bits per heavy atom. The Balaban J connectivity index is 1.78. The van der Waals surface area contributed by atoms with Crippen molar-refractivity contribution in [3.05, 3.63) is 30.0 Å². The molecule has 20 heavy (non-hydrogen) atoms. The lowest BCUT2D eigenvalue weighted by Crippen LogP contribution is -2.46. The van der Waals surface area contributed by atoms with Crippen LogP contribution in [0.1, 0.15) is 5.56 Å². The lowest BCUT2D eigenvalue weighted by Gasteiger charge is -2.27. The maximum Gasteiger partial charge on any atom is 0.227 e. The Bertz CT molecular complexity index is 615. The quantitative estimate of drug-likeness (QED) is 0.919. The number of benzene rings is 1. The van der Waals surface area contributed by atoms with Crippen LogP contribution in [-0.4, -0.2) is 44.1 Å². The number of carbonyl (C=O) groups excluding carboxylic acids is 1. The number of carbonyl (C=O) groups is 1. The minimum absolute atomic E-state index is 0.157. The van der Waals surface area contributed by atoms with Crippen molar-refractivity contribution in [1.29, 1.82) is 0 Å². The highest BCUT2D eigenvalue weighted by Crippen LogP contribution is 2.26. The Morgan fingerprint density at radius 1 is 1.40 bits per heavy atom. The second kappa shape index (κ2) is 5.54. The summed E-state index contributed by atoms with van der Waals surface area (Å²) in [6, 6.07) is 5.67. The molecule has 1 N–H and O–H groups in total. The molecule has 0 atom stereocenters. The Hall–Kier alpha value is -2.01. The SMILES string of the molecule is COc1ccc2c(CC(=O)N3CCNCC3)coc2c1. The number of methoxy groups -OCH3 is 1. The van der Waals surface area contributed by atoms with Crippen LogP contribution >= 0.6 is 0 Å². The molecule has 1 saturated heterocycles. The smallest absolute Gasteiger partial charge is 0.227 e. The molecule has 0 unspecified atom stereocenters. The molecule has 106 valence electrons. The van der Waals surface area contributed by atoms with Crippen LogP contribution in [0.25, 0.3) is 11.0 Å². The van der Waals surface area contributed by atoms with E-state index in [4.69, 9.17) is 9.15 Å². The van der Waals surface area contributed by atoms with Gasteiger partial charge in [-0.1, -0.05) is 0 Å². The van der Waals surface area contributed by atoms with Crippen molar-refractivity contribution in [3.8, 4) is 5.75 Å². The fourth-order valence-electron chi connectivity index (χ4n) is 2.52. The van der Waals surface area contributed by atoms with Crippen LogP contribution < -0.4 is 10.1 Å². The van der Waals surface area contributed by atoms with Gasteiger partial charge < -0.3 is 19.4 Å². The molecular formula is C15H18N2O3. The van der Waals surface area contributed by atoms with Gasteiger partial charge in [0.15, 0.2) is 0 Å². The van der Waals surface area contributed by atoms with E-state index in [1.807, 2.05) is 23.1 Å². The van der Waals surface area contributed by atoms with Crippen molar-refractivity contribution in [1.82, 2.24) is 10.2 Å². The summed E-state index contributed by atoms with van der Waals surface area (Å²) in [6.45, 7) is 3.30. The molecule has 0 saturated carbocycles. The van der Waals surface area contributed by atoms with Crippen molar-refractivity contribution in [2.45, 2.75) is 6.42 Å². The molecular weight excluding hydrogens is 256 g/mol. The van der Waals surface area contributed by atoms with Crippen LogP contribution in [0, 0.1) is 0 Å². The first-order valence-electron chi connectivity index (χ1n) is 6.80. The monoisotopic (exact) mass is 274 g/mol. The van der Waals surface area contributed by atoms with Crippen LogP contribution in [0.2, 0.25) is 0 Å². The Labute approximate surface area is 117 Å². The molecule has 0 aliphatic carbocycles. The van der Waals surface area contributed by atoms with Gasteiger partial charge in [0.2, 0.25) is 5.91 Å². The summed E-state index contributed by atoms with van der Waals surface area (Å²) >= 11 is 0. The fourth-order valence-corrected chi connectivity index (χ4v) is 2.52. The van der Waals surface area contributed by atoms with E-state index in [1.54, 1.807) is 13.4 Å². The topological polar surface area (TPSA) is 54.7 Å². The number of furan rings is 1. The number of rotatable bonds is 3. The molecule has 1 amide bonds. The second-order valence-electron chi connectivity index (χ2n) is 4.93. The molecule has 1 aliphatic heterocycles. The van der Waals surface area contributed by atoms with E-state index in [0.29, 0.717) is 6.42 Å². The molecule has 1 aromatic carbocycles. The third-order valence-electron chi connectivity index (χ3n) is 3.67. The molecule has 1 fully saturated rings. The minimum Gasteiger partial charge on any atom is -0.497 e. The number of fused-ring (bicyclic) bond motifs is 1. The summed E-state index contributed by atoms with van der Waals surface area (Å²) in [5, 5.41) is 4.23. The van der Waals surface area contributed by atoms with Gasteiger partial charge in [-0.2, -0.15) is 0 Å². The molecule has 0 bridgehead atoms. The molecule has 0 radical (unpaired) electrons. The van der Waals surface area contributed by atoms with Gasteiger partial charge in [0.25, 0.3) is 0 Å². The van der Waals surface area contributed by atoms with Gasteiger partial charge >= 0.3 is 0 Å². The Kier molecular flexibility index (Phi) is 3.60. The van der Waals surface area contributed by atoms with Crippen molar-refractivity contribution in [2.24, 2.45) is 0 Å². The highest BCUT2D eigenvalue weighted by Gasteiger charge is 2.18. The minimum atomic E-state index is 0.157. The lowest BCUT2D eigenvalue weighted by atomic mass is 10.1. The average molecular weight is 274 g/mol. The largest absolute Gasteiger partial charge is 0.497 e. The molecule has 1 aliphatic rings. The van der Waals surface area contributed by atoms with Gasteiger partial charge in [0.1, 0.15) is 11.3 Å². The zero-order valence-corrected chi connectivity index (χ0v) is 11.5. The van der Waals surface area contributed by atoms with Crippen molar-refractivity contribution >= 4 is 16.9 Å². The summed E-state index contributed by atoms with van der Waals surface area (Å²) in [5.41, 5.74) is 1.69. The van der Waals surface area contributed by atoms with Crippen LogP contribution in [0.3, 0.4) is 0 Å². The maximum absolute atomic E-state index is 12.3. The van der Waals surface area contributed by atoms with E-state index in [2.05, 4.69) is 5.32 Å². The van der Waals surface area contributed by atoms with E-state index in [0.717, 1.165) is 48.5 Å². The van der Waals surface area contributed by atoms with Crippen LogP contribution in [0.4, 0.5) is 0 Å². The third kappa shape index (κ3) is 2.49. The van der Waals surface area contributed by atoms with Gasteiger partial charge in [-0.3, -0.25) is 4.79 Å². The first-order chi connectivity index (χ1) is 9.78. The number of ether oxygens (including phenoxy) is 1. The normalized spacial score (nSPS) is 15.6. The van der Waals surface area contributed by atoms with Gasteiger partial charge in [-0.05, 0) is 12.1 Å². The highest BCUT2D eigenvalue weighted by molar-refractivity contribution is 5.88. The lowest BCUT2D eigenvalue weighted by molar-refractivity contribution is -0.131.